The molecule has 1 heterocycles. The maximum Gasteiger partial charge on any atom is 0.328 e. The van der Waals surface area contributed by atoms with E-state index in [0.717, 1.165) is 43.2 Å². The number of amides is 1. The Labute approximate surface area is 177 Å². The van der Waals surface area contributed by atoms with Crippen molar-refractivity contribution >= 4 is 17.6 Å². The van der Waals surface area contributed by atoms with Gasteiger partial charge in [0, 0.05) is 38.3 Å². The van der Waals surface area contributed by atoms with Crippen molar-refractivity contribution in [3.8, 4) is 5.75 Å². The lowest BCUT2D eigenvalue weighted by molar-refractivity contribution is -0.145. The average Bonchev–Trinajstić information content (AvgIpc) is 2.79. The molecule has 2 aromatic rings. The summed E-state index contributed by atoms with van der Waals surface area (Å²) >= 11 is 0. The number of nitrogens with one attached hydrogen (secondary N) is 1. The van der Waals surface area contributed by atoms with Crippen LogP contribution in [-0.4, -0.2) is 69.8 Å². The molecule has 0 spiro atoms. The molecule has 0 aromatic heterocycles. The van der Waals surface area contributed by atoms with E-state index in [0.29, 0.717) is 6.42 Å². The van der Waals surface area contributed by atoms with Crippen molar-refractivity contribution in [1.29, 1.82) is 0 Å². The smallest absolute Gasteiger partial charge is 0.328 e. The third kappa shape index (κ3) is 5.97. The summed E-state index contributed by atoms with van der Waals surface area (Å²) in [5, 5.41) is 2.84. The van der Waals surface area contributed by atoms with E-state index < -0.39 is 12.0 Å². The van der Waals surface area contributed by atoms with Gasteiger partial charge in [-0.1, -0.05) is 30.3 Å². The fourth-order valence-corrected chi connectivity index (χ4v) is 3.59. The van der Waals surface area contributed by atoms with Gasteiger partial charge in [0.2, 0.25) is 5.91 Å². The summed E-state index contributed by atoms with van der Waals surface area (Å²) in [7, 11) is 2.99. The summed E-state index contributed by atoms with van der Waals surface area (Å²) in [4.78, 5) is 29.1. The topological polar surface area (TPSA) is 71.1 Å². The molecule has 1 atom stereocenters. The number of nitrogens with zero attached hydrogens (tertiary/aromatic N) is 2. The van der Waals surface area contributed by atoms with Gasteiger partial charge in [-0.15, -0.1) is 0 Å². The Hall–Kier alpha value is -3.06. The highest BCUT2D eigenvalue weighted by atomic mass is 16.5. The van der Waals surface area contributed by atoms with Crippen molar-refractivity contribution in [2.75, 3.05) is 51.8 Å². The first-order valence-corrected chi connectivity index (χ1v) is 10.1. The molecule has 160 valence electrons. The molecule has 7 nitrogen and oxygen atoms in total. The van der Waals surface area contributed by atoms with Crippen molar-refractivity contribution in [1.82, 2.24) is 10.2 Å². The molecular formula is C23H29N3O4. The van der Waals surface area contributed by atoms with Crippen LogP contribution in [0.4, 0.5) is 5.69 Å². The molecule has 0 unspecified atom stereocenters. The van der Waals surface area contributed by atoms with Gasteiger partial charge in [-0.2, -0.15) is 0 Å². The molecule has 3 rings (SSSR count). The van der Waals surface area contributed by atoms with E-state index in [2.05, 4.69) is 15.1 Å². The quantitative estimate of drug-likeness (QED) is 0.667. The zero-order valence-corrected chi connectivity index (χ0v) is 17.5. The van der Waals surface area contributed by atoms with E-state index in [9.17, 15) is 9.59 Å². The van der Waals surface area contributed by atoms with Crippen LogP contribution in [0.5, 0.6) is 5.75 Å². The highest BCUT2D eigenvalue weighted by Gasteiger charge is 2.24. The Kier molecular flexibility index (Phi) is 7.68. The van der Waals surface area contributed by atoms with Gasteiger partial charge < -0.3 is 19.7 Å². The van der Waals surface area contributed by atoms with Crippen LogP contribution < -0.4 is 15.0 Å². The van der Waals surface area contributed by atoms with Crippen molar-refractivity contribution < 1.29 is 19.1 Å². The molecule has 1 N–H and O–H groups in total. The number of rotatable bonds is 8. The lowest BCUT2D eigenvalue weighted by atomic mass is 10.1. The van der Waals surface area contributed by atoms with E-state index in [1.807, 2.05) is 54.6 Å². The molecule has 1 saturated heterocycles. The third-order valence-electron chi connectivity index (χ3n) is 5.28. The number of ether oxygens (including phenoxy) is 2. The monoisotopic (exact) mass is 411 g/mol. The summed E-state index contributed by atoms with van der Waals surface area (Å²) in [6.07, 6.45) is 0.407. The standard InChI is InChI=1S/C23H29N3O4/c1-29-20-10-8-19(9-11-20)26-14-12-25(13-15-26)17-22(27)24-21(23(28)30-2)16-18-6-4-3-5-7-18/h3-11,21H,12-17H2,1-2H3,(H,24,27)/t21-/m1/s1. The molecule has 7 heteroatoms. The van der Waals surface area contributed by atoms with Crippen LogP contribution in [0.2, 0.25) is 0 Å². The van der Waals surface area contributed by atoms with Gasteiger partial charge in [0.25, 0.3) is 0 Å². The second-order valence-corrected chi connectivity index (χ2v) is 7.29. The van der Waals surface area contributed by atoms with E-state index in [1.165, 1.54) is 7.11 Å². The largest absolute Gasteiger partial charge is 0.497 e. The summed E-state index contributed by atoms with van der Waals surface area (Å²) in [5.74, 6) is 0.237. The van der Waals surface area contributed by atoms with Crippen LogP contribution in [-0.2, 0) is 20.7 Å². The Balaban J connectivity index is 1.49. The van der Waals surface area contributed by atoms with Crippen molar-refractivity contribution in [3.05, 3.63) is 60.2 Å². The molecular weight excluding hydrogens is 382 g/mol. The molecule has 30 heavy (non-hydrogen) atoms. The second-order valence-electron chi connectivity index (χ2n) is 7.29. The summed E-state index contributed by atoms with van der Waals surface area (Å²) in [6, 6.07) is 16.9. The van der Waals surface area contributed by atoms with Gasteiger partial charge in [0.05, 0.1) is 20.8 Å². The number of methoxy groups -OCH3 is 2. The summed E-state index contributed by atoms with van der Waals surface area (Å²) in [5.41, 5.74) is 2.12. The molecule has 1 aliphatic heterocycles. The SMILES string of the molecule is COC(=O)[C@@H](Cc1ccccc1)NC(=O)CN1CCN(c2ccc(OC)cc2)CC1. The summed E-state index contributed by atoms with van der Waals surface area (Å²) < 4.78 is 10.1. The average molecular weight is 412 g/mol. The van der Waals surface area contributed by atoms with E-state index >= 15 is 0 Å². The lowest BCUT2D eigenvalue weighted by Crippen LogP contribution is -2.52. The fraction of sp³-hybridized carbons (Fsp3) is 0.391. The Morgan fingerprint density at radius 3 is 2.23 bits per heavy atom. The van der Waals surface area contributed by atoms with Gasteiger partial charge in [-0.3, -0.25) is 9.69 Å². The molecule has 0 saturated carbocycles. The first kappa shape index (κ1) is 21.6. The lowest BCUT2D eigenvalue weighted by Gasteiger charge is -2.36. The number of esters is 1. The molecule has 0 bridgehead atoms. The first-order chi connectivity index (χ1) is 14.6. The number of carbonyl (C=O) groups is 2. The van der Waals surface area contributed by atoms with Crippen molar-refractivity contribution in [2.24, 2.45) is 0 Å². The highest BCUT2D eigenvalue weighted by Crippen LogP contribution is 2.20. The molecule has 0 radical (unpaired) electrons. The third-order valence-corrected chi connectivity index (χ3v) is 5.28. The second kappa shape index (κ2) is 10.6. The maximum absolute atomic E-state index is 12.6. The summed E-state index contributed by atoms with van der Waals surface area (Å²) in [6.45, 7) is 3.49. The predicted molar refractivity (Wildman–Crippen MR) is 116 cm³/mol. The number of benzene rings is 2. The Morgan fingerprint density at radius 2 is 1.63 bits per heavy atom. The minimum Gasteiger partial charge on any atom is -0.497 e. The Bertz CT molecular complexity index is 818. The maximum atomic E-state index is 12.6. The van der Waals surface area contributed by atoms with E-state index in [-0.39, 0.29) is 12.5 Å². The number of hydrogen-bond acceptors (Lipinski definition) is 6. The zero-order chi connectivity index (χ0) is 21.3. The van der Waals surface area contributed by atoms with Gasteiger partial charge in [0.15, 0.2) is 0 Å². The van der Waals surface area contributed by atoms with Crippen molar-refractivity contribution in [3.63, 3.8) is 0 Å². The predicted octanol–water partition coefficient (Wildman–Crippen LogP) is 1.72. The number of piperazine rings is 1. The molecule has 1 amide bonds. The van der Waals surface area contributed by atoms with E-state index in [4.69, 9.17) is 9.47 Å². The van der Waals surface area contributed by atoms with Gasteiger partial charge in [0.1, 0.15) is 11.8 Å². The minimum absolute atomic E-state index is 0.167. The van der Waals surface area contributed by atoms with Crippen LogP contribution in [0, 0.1) is 0 Å². The van der Waals surface area contributed by atoms with Crippen molar-refractivity contribution in [2.45, 2.75) is 12.5 Å². The first-order valence-electron chi connectivity index (χ1n) is 10.1. The van der Waals surface area contributed by atoms with Crippen LogP contribution >= 0.6 is 0 Å². The molecule has 0 aliphatic carbocycles. The zero-order valence-electron chi connectivity index (χ0n) is 17.5. The molecule has 2 aromatic carbocycles. The van der Waals surface area contributed by atoms with E-state index in [1.54, 1.807) is 7.11 Å². The number of carbonyl (C=O) groups excluding carboxylic acids is 2. The fourth-order valence-electron chi connectivity index (χ4n) is 3.59. The van der Waals surface area contributed by atoms with Crippen LogP contribution in [0.25, 0.3) is 0 Å². The normalized spacial score (nSPS) is 15.3. The van der Waals surface area contributed by atoms with Crippen LogP contribution in [0.1, 0.15) is 5.56 Å². The number of hydrogen-bond donors (Lipinski definition) is 1. The van der Waals surface area contributed by atoms with Gasteiger partial charge >= 0.3 is 5.97 Å². The van der Waals surface area contributed by atoms with Crippen LogP contribution in [0.15, 0.2) is 54.6 Å². The van der Waals surface area contributed by atoms with Crippen LogP contribution in [0.3, 0.4) is 0 Å². The number of anilines is 1. The highest BCUT2D eigenvalue weighted by molar-refractivity contribution is 5.85. The minimum atomic E-state index is -0.689. The van der Waals surface area contributed by atoms with Gasteiger partial charge in [-0.25, -0.2) is 4.79 Å². The molecule has 1 aliphatic rings. The van der Waals surface area contributed by atoms with Gasteiger partial charge in [-0.05, 0) is 29.8 Å². The Morgan fingerprint density at radius 1 is 0.967 bits per heavy atom. The molecule has 1 fully saturated rings.